The van der Waals surface area contributed by atoms with Crippen molar-refractivity contribution in [3.8, 4) is 0 Å². The van der Waals surface area contributed by atoms with Crippen LogP contribution < -0.4 is 5.32 Å². The van der Waals surface area contributed by atoms with E-state index in [1.54, 1.807) is 6.92 Å². The van der Waals surface area contributed by atoms with Gasteiger partial charge in [-0.25, -0.2) is 0 Å². The largest absolute Gasteiger partial charge is 0.348 e. The Hall–Kier alpha value is 0.0400. The Morgan fingerprint density at radius 2 is 2.12 bits per heavy atom. The zero-order chi connectivity index (χ0) is 12.8. The average molecular weight is 313 g/mol. The molecule has 17 heavy (non-hydrogen) atoms. The summed E-state index contributed by atoms with van der Waals surface area (Å²) in [4.78, 5) is 13.0. The molecule has 0 radical (unpaired) electrons. The number of hydrogen-bond acceptors (Lipinski definition) is 2. The van der Waals surface area contributed by atoms with Crippen LogP contribution in [0.5, 0.6) is 0 Å². The molecular weight excluding hydrogens is 301 g/mol. The monoisotopic (exact) mass is 311 g/mol. The number of alkyl halides is 2. The molecule has 1 aromatic rings. The standard InChI is InChI=1S/C11H12Cl3NOS/c1-6(7-3-4-8(12)17-7)15-9(16)10(2)5-11(10,13)14/h3-4,6H,5H2,1-2H3,(H,15,16). The number of nitrogens with one attached hydrogen (secondary N) is 1. The van der Waals surface area contributed by atoms with Crippen LogP contribution in [0.1, 0.15) is 31.2 Å². The second-order valence-electron chi connectivity index (χ2n) is 4.55. The van der Waals surface area contributed by atoms with Gasteiger partial charge in [0.1, 0.15) is 4.33 Å². The van der Waals surface area contributed by atoms with Crippen LogP contribution in [0, 0.1) is 5.41 Å². The lowest BCUT2D eigenvalue weighted by atomic mass is 10.1. The minimum atomic E-state index is -0.927. The van der Waals surface area contributed by atoms with Crippen LogP contribution in [-0.2, 0) is 4.79 Å². The highest BCUT2D eigenvalue weighted by atomic mass is 35.5. The Labute approximate surface area is 119 Å². The number of carbonyl (C=O) groups excluding carboxylic acids is 1. The average Bonchev–Trinajstić information content (AvgIpc) is 2.61. The van der Waals surface area contributed by atoms with Gasteiger partial charge in [-0.05, 0) is 32.4 Å². The summed E-state index contributed by atoms with van der Waals surface area (Å²) in [6.07, 6.45) is 0.493. The lowest BCUT2D eigenvalue weighted by Gasteiger charge is -2.17. The third-order valence-electron chi connectivity index (χ3n) is 3.13. The van der Waals surface area contributed by atoms with Crippen molar-refractivity contribution in [2.24, 2.45) is 5.41 Å². The summed E-state index contributed by atoms with van der Waals surface area (Å²) < 4.78 is -0.216. The van der Waals surface area contributed by atoms with Crippen molar-refractivity contribution in [1.82, 2.24) is 5.32 Å². The van der Waals surface area contributed by atoms with Gasteiger partial charge in [0.15, 0.2) is 0 Å². The Bertz CT molecular complexity index is 459. The molecule has 1 N–H and O–H groups in total. The van der Waals surface area contributed by atoms with Crippen molar-refractivity contribution in [2.75, 3.05) is 0 Å². The summed E-state index contributed by atoms with van der Waals surface area (Å²) in [5, 5.41) is 2.91. The molecular formula is C11H12Cl3NOS. The predicted molar refractivity (Wildman–Crippen MR) is 73.0 cm³/mol. The van der Waals surface area contributed by atoms with Gasteiger partial charge in [0, 0.05) is 4.88 Å². The summed E-state index contributed by atoms with van der Waals surface area (Å²) in [6.45, 7) is 3.69. The molecule has 2 atom stereocenters. The van der Waals surface area contributed by atoms with Gasteiger partial charge in [0.05, 0.1) is 15.8 Å². The minimum Gasteiger partial charge on any atom is -0.348 e. The van der Waals surface area contributed by atoms with E-state index in [0.29, 0.717) is 10.8 Å². The molecule has 0 bridgehead atoms. The van der Waals surface area contributed by atoms with E-state index in [1.165, 1.54) is 11.3 Å². The second kappa shape index (κ2) is 4.30. The van der Waals surface area contributed by atoms with E-state index in [9.17, 15) is 4.79 Å². The Morgan fingerprint density at radius 1 is 1.53 bits per heavy atom. The van der Waals surface area contributed by atoms with Gasteiger partial charge < -0.3 is 5.32 Å². The first-order chi connectivity index (χ1) is 7.76. The fourth-order valence-electron chi connectivity index (χ4n) is 1.63. The third-order valence-corrected chi connectivity index (χ3v) is 5.64. The third kappa shape index (κ3) is 2.43. The van der Waals surface area contributed by atoms with E-state index in [0.717, 1.165) is 4.88 Å². The number of carbonyl (C=O) groups is 1. The smallest absolute Gasteiger partial charge is 0.229 e. The van der Waals surface area contributed by atoms with E-state index < -0.39 is 9.75 Å². The van der Waals surface area contributed by atoms with Crippen molar-refractivity contribution >= 4 is 52.0 Å². The Morgan fingerprint density at radius 3 is 2.53 bits per heavy atom. The van der Waals surface area contributed by atoms with Crippen LogP contribution in [0.2, 0.25) is 4.34 Å². The zero-order valence-corrected chi connectivity index (χ0v) is 12.5. The molecule has 1 saturated carbocycles. The topological polar surface area (TPSA) is 29.1 Å². The predicted octanol–water partition coefficient (Wildman–Crippen LogP) is 4.16. The van der Waals surface area contributed by atoms with Crippen LogP contribution in [0.4, 0.5) is 0 Å². The maximum absolute atomic E-state index is 12.0. The second-order valence-corrected chi connectivity index (χ2v) is 7.78. The first kappa shape index (κ1) is 13.5. The lowest BCUT2D eigenvalue weighted by molar-refractivity contribution is -0.126. The SMILES string of the molecule is CC(NC(=O)C1(C)CC1(Cl)Cl)c1ccc(Cl)s1. The van der Waals surface area contributed by atoms with Gasteiger partial charge in [0.2, 0.25) is 5.91 Å². The van der Waals surface area contributed by atoms with E-state index >= 15 is 0 Å². The highest BCUT2D eigenvalue weighted by Gasteiger charge is 2.67. The van der Waals surface area contributed by atoms with Crippen molar-refractivity contribution in [2.45, 2.75) is 30.6 Å². The van der Waals surface area contributed by atoms with Gasteiger partial charge in [-0.3, -0.25) is 4.79 Å². The van der Waals surface area contributed by atoms with Crippen LogP contribution in [0.25, 0.3) is 0 Å². The lowest BCUT2D eigenvalue weighted by Crippen LogP contribution is -2.34. The summed E-state index contributed by atoms with van der Waals surface area (Å²) in [7, 11) is 0. The number of halogens is 3. The maximum Gasteiger partial charge on any atom is 0.229 e. The molecule has 1 fully saturated rings. The molecule has 2 nitrogen and oxygen atoms in total. The molecule has 1 heterocycles. The summed E-state index contributed by atoms with van der Waals surface area (Å²) in [5.41, 5.74) is -0.675. The maximum atomic E-state index is 12.0. The van der Waals surface area contributed by atoms with Gasteiger partial charge in [0.25, 0.3) is 0 Å². The van der Waals surface area contributed by atoms with Gasteiger partial charge in [-0.15, -0.1) is 34.5 Å². The summed E-state index contributed by atoms with van der Waals surface area (Å²) in [6, 6.07) is 3.64. The molecule has 0 saturated heterocycles. The Kier molecular flexibility index (Phi) is 3.41. The molecule has 2 rings (SSSR count). The molecule has 0 aliphatic heterocycles. The number of amides is 1. The molecule has 1 aromatic heterocycles. The van der Waals surface area contributed by atoms with Crippen LogP contribution in [0.3, 0.4) is 0 Å². The molecule has 94 valence electrons. The summed E-state index contributed by atoms with van der Waals surface area (Å²) >= 11 is 19.2. The minimum absolute atomic E-state index is 0.0819. The van der Waals surface area contributed by atoms with Crippen LogP contribution >= 0.6 is 46.1 Å². The molecule has 0 spiro atoms. The van der Waals surface area contributed by atoms with Crippen molar-refractivity contribution < 1.29 is 4.79 Å². The highest BCUT2D eigenvalue weighted by molar-refractivity contribution is 7.16. The van der Waals surface area contributed by atoms with Crippen molar-refractivity contribution in [3.05, 3.63) is 21.3 Å². The fraction of sp³-hybridized carbons (Fsp3) is 0.545. The van der Waals surface area contributed by atoms with E-state index in [4.69, 9.17) is 34.8 Å². The number of thiophene rings is 1. The highest BCUT2D eigenvalue weighted by Crippen LogP contribution is 2.63. The zero-order valence-electron chi connectivity index (χ0n) is 9.39. The molecule has 1 aliphatic rings. The first-order valence-electron chi connectivity index (χ1n) is 5.20. The van der Waals surface area contributed by atoms with Crippen LogP contribution in [-0.4, -0.2) is 10.2 Å². The normalized spacial score (nSPS) is 27.6. The fourth-order valence-corrected chi connectivity index (χ4v) is 3.40. The molecule has 0 aromatic carbocycles. The molecule has 6 heteroatoms. The van der Waals surface area contributed by atoms with Crippen LogP contribution in [0.15, 0.2) is 12.1 Å². The van der Waals surface area contributed by atoms with E-state index in [1.807, 2.05) is 19.1 Å². The van der Waals surface area contributed by atoms with Crippen molar-refractivity contribution in [1.29, 1.82) is 0 Å². The van der Waals surface area contributed by atoms with Gasteiger partial charge in [-0.2, -0.15) is 0 Å². The quantitative estimate of drug-likeness (QED) is 0.834. The van der Waals surface area contributed by atoms with E-state index in [2.05, 4.69) is 5.32 Å². The number of hydrogen-bond donors (Lipinski definition) is 1. The Balaban J connectivity index is 2.01. The molecule has 1 amide bonds. The first-order valence-corrected chi connectivity index (χ1v) is 7.15. The van der Waals surface area contributed by atoms with Crippen molar-refractivity contribution in [3.63, 3.8) is 0 Å². The number of rotatable bonds is 3. The molecule has 1 aliphatic carbocycles. The van der Waals surface area contributed by atoms with Gasteiger partial charge >= 0.3 is 0 Å². The van der Waals surface area contributed by atoms with Gasteiger partial charge in [-0.1, -0.05) is 11.6 Å². The van der Waals surface area contributed by atoms with E-state index in [-0.39, 0.29) is 11.9 Å². The summed E-state index contributed by atoms with van der Waals surface area (Å²) in [5.74, 6) is -0.112. The molecule has 2 unspecified atom stereocenters.